The standard InChI is InChI=1S/C3H7NO5S.2Na.H2O.2H/c4-2(3(5)6)1-10(7,8)9;;;;;/h2H,1,4H2,(H,5,6)(H,7,8,9);;;1H2;;/q;2*+1;;2*-1/t2-;;;;;/m0...../s1. The summed E-state index contributed by atoms with van der Waals surface area (Å²) in [6.45, 7) is 0. The average molecular weight is 235 g/mol. The van der Waals surface area contributed by atoms with Gasteiger partial charge in [0.15, 0.2) is 0 Å². The van der Waals surface area contributed by atoms with Crippen LogP contribution in [0.4, 0.5) is 0 Å². The molecule has 72 valence electrons. The second kappa shape index (κ2) is 9.84. The zero-order chi connectivity index (χ0) is 8.36. The zero-order valence-corrected chi connectivity index (χ0v) is 12.2. The number of hydrogen-bond acceptors (Lipinski definition) is 4. The first-order valence-corrected chi connectivity index (χ1v) is 3.87. The van der Waals surface area contributed by atoms with Gasteiger partial charge in [-0.1, -0.05) is 0 Å². The Morgan fingerprint density at radius 2 is 1.77 bits per heavy atom. The van der Waals surface area contributed by atoms with E-state index in [9.17, 15) is 13.2 Å². The van der Waals surface area contributed by atoms with Crippen LogP contribution in [0, 0.1) is 0 Å². The Labute approximate surface area is 123 Å². The fourth-order valence-corrected chi connectivity index (χ4v) is 0.895. The Bertz CT molecular complexity index is 237. The largest absolute Gasteiger partial charge is 1.00 e. The first-order chi connectivity index (χ1) is 4.33. The SMILES string of the molecule is N[C@@H](CS(=O)(=O)O)C(=O)O.O.[H-].[H-].[Na+].[Na+]. The van der Waals surface area contributed by atoms with Crippen molar-refractivity contribution in [2.24, 2.45) is 5.73 Å². The van der Waals surface area contributed by atoms with Crippen molar-refractivity contribution in [1.82, 2.24) is 0 Å². The molecule has 0 bridgehead atoms. The van der Waals surface area contributed by atoms with E-state index in [-0.39, 0.29) is 67.4 Å². The van der Waals surface area contributed by atoms with Gasteiger partial charge in [-0.25, -0.2) is 0 Å². The molecular formula is C3H11NNa2O6S. The summed E-state index contributed by atoms with van der Waals surface area (Å²) in [5, 5.41) is 8.04. The molecular weight excluding hydrogens is 224 g/mol. The van der Waals surface area contributed by atoms with E-state index in [1.165, 1.54) is 0 Å². The normalized spacial score (nSPS) is 11.2. The van der Waals surface area contributed by atoms with Crippen molar-refractivity contribution in [1.29, 1.82) is 0 Å². The first kappa shape index (κ1) is 23.8. The van der Waals surface area contributed by atoms with Crippen LogP contribution in [-0.4, -0.2) is 41.3 Å². The second-order valence-electron chi connectivity index (χ2n) is 1.69. The van der Waals surface area contributed by atoms with E-state index in [0.29, 0.717) is 0 Å². The molecule has 0 rings (SSSR count). The molecule has 0 aliphatic heterocycles. The molecule has 7 nitrogen and oxygen atoms in total. The summed E-state index contributed by atoms with van der Waals surface area (Å²) in [5.41, 5.74) is 4.76. The van der Waals surface area contributed by atoms with Gasteiger partial charge in [-0.15, -0.1) is 0 Å². The molecule has 0 saturated heterocycles. The van der Waals surface area contributed by atoms with E-state index in [4.69, 9.17) is 15.4 Å². The minimum absolute atomic E-state index is 0. The van der Waals surface area contributed by atoms with Crippen LogP contribution in [0.2, 0.25) is 0 Å². The molecule has 13 heavy (non-hydrogen) atoms. The van der Waals surface area contributed by atoms with Gasteiger partial charge in [0.05, 0.1) is 0 Å². The Morgan fingerprint density at radius 3 is 1.85 bits per heavy atom. The number of carboxylic acid groups (broad SMARTS) is 1. The average Bonchev–Trinajstić information content (AvgIpc) is 1.60. The van der Waals surface area contributed by atoms with Gasteiger partial charge in [0, 0.05) is 0 Å². The van der Waals surface area contributed by atoms with E-state index in [2.05, 4.69) is 0 Å². The third-order valence-electron chi connectivity index (χ3n) is 0.707. The van der Waals surface area contributed by atoms with Crippen LogP contribution in [0.1, 0.15) is 2.85 Å². The van der Waals surface area contributed by atoms with Gasteiger partial charge >= 0.3 is 65.1 Å². The molecule has 0 fully saturated rings. The summed E-state index contributed by atoms with van der Waals surface area (Å²) < 4.78 is 28.0. The third-order valence-corrected chi connectivity index (χ3v) is 1.49. The monoisotopic (exact) mass is 235 g/mol. The van der Waals surface area contributed by atoms with Gasteiger partial charge in [0.25, 0.3) is 10.1 Å². The summed E-state index contributed by atoms with van der Waals surface area (Å²) in [6.07, 6.45) is 0. The number of carboxylic acids is 1. The Balaban J connectivity index is -0.0000000405. The van der Waals surface area contributed by atoms with Crippen molar-refractivity contribution in [3.63, 3.8) is 0 Å². The molecule has 0 saturated carbocycles. The Morgan fingerprint density at radius 1 is 1.46 bits per heavy atom. The molecule has 0 aliphatic rings. The maximum Gasteiger partial charge on any atom is 1.00 e. The molecule has 0 aromatic carbocycles. The summed E-state index contributed by atoms with van der Waals surface area (Å²) in [4.78, 5) is 9.88. The molecule has 0 aliphatic carbocycles. The third kappa shape index (κ3) is 16.0. The van der Waals surface area contributed by atoms with E-state index in [1.54, 1.807) is 0 Å². The van der Waals surface area contributed by atoms with Crippen LogP contribution >= 0.6 is 0 Å². The van der Waals surface area contributed by atoms with Crippen LogP contribution in [0.15, 0.2) is 0 Å². The summed E-state index contributed by atoms with van der Waals surface area (Å²) in [5.74, 6) is -2.42. The van der Waals surface area contributed by atoms with Gasteiger partial charge in [-0.2, -0.15) is 8.42 Å². The fraction of sp³-hybridized carbons (Fsp3) is 0.667. The van der Waals surface area contributed by atoms with Crippen molar-refractivity contribution in [2.45, 2.75) is 6.04 Å². The first-order valence-electron chi connectivity index (χ1n) is 2.26. The fourth-order valence-electron chi connectivity index (χ4n) is 0.298. The molecule has 10 heteroatoms. The quantitative estimate of drug-likeness (QED) is 0.326. The van der Waals surface area contributed by atoms with Crippen molar-refractivity contribution in [3.05, 3.63) is 0 Å². The molecule has 0 spiro atoms. The van der Waals surface area contributed by atoms with Gasteiger partial charge in [0.1, 0.15) is 11.8 Å². The van der Waals surface area contributed by atoms with Crippen molar-refractivity contribution in [3.8, 4) is 0 Å². The van der Waals surface area contributed by atoms with E-state index >= 15 is 0 Å². The van der Waals surface area contributed by atoms with Gasteiger partial charge in [-0.05, 0) is 0 Å². The van der Waals surface area contributed by atoms with Crippen LogP contribution in [0.25, 0.3) is 0 Å². The van der Waals surface area contributed by atoms with Crippen molar-refractivity contribution < 1.29 is 90.3 Å². The van der Waals surface area contributed by atoms with Crippen LogP contribution in [0.3, 0.4) is 0 Å². The number of aliphatic carboxylic acids is 1. The van der Waals surface area contributed by atoms with E-state index in [0.717, 1.165) is 0 Å². The van der Waals surface area contributed by atoms with Crippen molar-refractivity contribution >= 4 is 16.1 Å². The van der Waals surface area contributed by atoms with Gasteiger partial charge < -0.3 is 19.2 Å². The molecule has 6 N–H and O–H groups in total. The minimum Gasteiger partial charge on any atom is -1.00 e. The predicted octanol–water partition coefficient (Wildman–Crippen LogP) is -8.31. The summed E-state index contributed by atoms with van der Waals surface area (Å²) in [7, 11) is -4.27. The van der Waals surface area contributed by atoms with Crippen LogP contribution in [-0.2, 0) is 14.9 Å². The van der Waals surface area contributed by atoms with Crippen LogP contribution < -0.4 is 64.8 Å². The summed E-state index contributed by atoms with van der Waals surface area (Å²) in [6, 6.07) is -1.56. The molecule has 0 radical (unpaired) electrons. The topological polar surface area (TPSA) is 149 Å². The minimum atomic E-state index is -4.27. The smallest absolute Gasteiger partial charge is 1.00 e. The molecule has 1 atom stereocenters. The van der Waals surface area contributed by atoms with Crippen LogP contribution in [0.5, 0.6) is 0 Å². The van der Waals surface area contributed by atoms with Gasteiger partial charge in [0.2, 0.25) is 0 Å². The van der Waals surface area contributed by atoms with Gasteiger partial charge in [-0.3, -0.25) is 9.35 Å². The number of hydrogen-bond donors (Lipinski definition) is 3. The molecule has 0 amide bonds. The predicted molar refractivity (Wildman–Crippen MR) is 37.9 cm³/mol. The molecule has 0 unspecified atom stereocenters. The maximum absolute atomic E-state index is 9.96. The summed E-state index contributed by atoms with van der Waals surface area (Å²) >= 11 is 0. The number of nitrogens with two attached hydrogens (primary N) is 1. The molecule has 0 aromatic rings. The Kier molecular flexibility index (Phi) is 18.0. The van der Waals surface area contributed by atoms with Crippen molar-refractivity contribution in [2.75, 3.05) is 5.75 Å². The maximum atomic E-state index is 9.96. The Hall–Kier alpha value is 1.30. The van der Waals surface area contributed by atoms with E-state index < -0.39 is 27.9 Å². The second-order valence-corrected chi connectivity index (χ2v) is 3.19. The zero-order valence-electron chi connectivity index (χ0n) is 9.39. The molecule has 0 aromatic heterocycles. The number of carbonyl (C=O) groups is 1. The number of rotatable bonds is 3. The van der Waals surface area contributed by atoms with E-state index in [1.807, 2.05) is 0 Å². The molecule has 0 heterocycles.